The molecular weight excluding hydrogens is 480 g/mol. The average molecular weight is 503 g/mol. The van der Waals surface area contributed by atoms with Gasteiger partial charge in [0.15, 0.2) is 6.61 Å². The Labute approximate surface area is 200 Å². The number of amides is 2. The number of carbonyl (C=O) groups is 2. The molecule has 4 rings (SSSR count). The first kappa shape index (κ1) is 22.6. The van der Waals surface area contributed by atoms with Crippen LogP contribution in [0.2, 0.25) is 0 Å². The molecule has 0 aromatic heterocycles. The highest BCUT2D eigenvalue weighted by Crippen LogP contribution is 2.33. The first-order valence-electron chi connectivity index (χ1n) is 10.6. The monoisotopic (exact) mass is 502 g/mol. The molecular formula is C27H23BrN2O3. The van der Waals surface area contributed by atoms with Gasteiger partial charge in [-0.3, -0.25) is 9.59 Å². The van der Waals surface area contributed by atoms with Gasteiger partial charge in [0.1, 0.15) is 5.75 Å². The molecule has 6 heteroatoms. The smallest absolute Gasteiger partial charge is 0.262 e. The second-order valence-corrected chi connectivity index (χ2v) is 8.41. The standard InChI is InChI=1S/C27H23BrN2O3/c1-18(19-7-3-2-4-8-19)29-27(32)21-11-14-22(15-12-21)30-25(31)17-33-24-16-13-20-9-5-6-10-23(20)26(24)28/h2-16,18H,17H2,1H3,(H,29,32)(H,30,31). The molecule has 0 saturated carbocycles. The lowest BCUT2D eigenvalue weighted by molar-refractivity contribution is -0.118. The summed E-state index contributed by atoms with van der Waals surface area (Å²) in [7, 11) is 0. The zero-order valence-corrected chi connectivity index (χ0v) is 19.6. The van der Waals surface area contributed by atoms with Gasteiger partial charge in [-0.2, -0.15) is 0 Å². The van der Waals surface area contributed by atoms with E-state index in [0.717, 1.165) is 20.8 Å². The molecule has 2 amide bonds. The van der Waals surface area contributed by atoms with Crippen LogP contribution in [0.3, 0.4) is 0 Å². The van der Waals surface area contributed by atoms with Crippen molar-refractivity contribution in [1.82, 2.24) is 5.32 Å². The third-order valence-corrected chi connectivity index (χ3v) is 6.08. The van der Waals surface area contributed by atoms with Crippen molar-refractivity contribution < 1.29 is 14.3 Å². The first-order valence-corrected chi connectivity index (χ1v) is 11.4. The molecule has 0 aliphatic rings. The van der Waals surface area contributed by atoms with E-state index in [4.69, 9.17) is 4.74 Å². The second kappa shape index (κ2) is 10.3. The van der Waals surface area contributed by atoms with Crippen LogP contribution in [-0.4, -0.2) is 18.4 Å². The van der Waals surface area contributed by atoms with Crippen LogP contribution in [0.25, 0.3) is 10.8 Å². The van der Waals surface area contributed by atoms with Crippen LogP contribution in [0.5, 0.6) is 5.75 Å². The van der Waals surface area contributed by atoms with Crippen LogP contribution < -0.4 is 15.4 Å². The largest absolute Gasteiger partial charge is 0.483 e. The highest BCUT2D eigenvalue weighted by Gasteiger charge is 2.12. The predicted molar refractivity (Wildman–Crippen MR) is 135 cm³/mol. The van der Waals surface area contributed by atoms with Gasteiger partial charge in [0, 0.05) is 11.3 Å². The van der Waals surface area contributed by atoms with Gasteiger partial charge in [0.05, 0.1) is 10.5 Å². The lowest BCUT2D eigenvalue weighted by Crippen LogP contribution is -2.26. The number of hydrogen-bond donors (Lipinski definition) is 2. The first-order chi connectivity index (χ1) is 16.0. The molecule has 166 valence electrons. The van der Waals surface area contributed by atoms with Crippen molar-refractivity contribution in [2.75, 3.05) is 11.9 Å². The maximum Gasteiger partial charge on any atom is 0.262 e. The fourth-order valence-corrected chi connectivity index (χ4v) is 4.08. The Morgan fingerprint density at radius 3 is 2.33 bits per heavy atom. The highest BCUT2D eigenvalue weighted by atomic mass is 79.9. The van der Waals surface area contributed by atoms with Crippen LogP contribution in [-0.2, 0) is 4.79 Å². The number of anilines is 1. The average Bonchev–Trinajstić information content (AvgIpc) is 2.84. The summed E-state index contributed by atoms with van der Waals surface area (Å²) in [6.45, 7) is 1.81. The number of ether oxygens (including phenoxy) is 1. The Hall–Kier alpha value is -3.64. The van der Waals surface area contributed by atoms with Crippen molar-refractivity contribution in [3.63, 3.8) is 0 Å². The topological polar surface area (TPSA) is 67.4 Å². The van der Waals surface area contributed by atoms with E-state index in [2.05, 4.69) is 26.6 Å². The molecule has 5 nitrogen and oxygen atoms in total. The van der Waals surface area contributed by atoms with Crippen LogP contribution >= 0.6 is 15.9 Å². The van der Waals surface area contributed by atoms with Gasteiger partial charge in [-0.25, -0.2) is 0 Å². The molecule has 0 aliphatic heterocycles. The third-order valence-electron chi connectivity index (χ3n) is 5.26. The fraction of sp³-hybridized carbons (Fsp3) is 0.111. The van der Waals surface area contributed by atoms with Crippen LogP contribution in [0, 0.1) is 0 Å². The van der Waals surface area contributed by atoms with E-state index in [9.17, 15) is 9.59 Å². The zero-order valence-electron chi connectivity index (χ0n) is 18.0. The van der Waals surface area contributed by atoms with Crippen molar-refractivity contribution >= 4 is 44.2 Å². The lowest BCUT2D eigenvalue weighted by atomic mass is 10.1. The predicted octanol–water partition coefficient (Wildman–Crippen LogP) is 6.11. The number of rotatable bonds is 7. The molecule has 0 heterocycles. The number of hydrogen-bond acceptors (Lipinski definition) is 3. The Balaban J connectivity index is 1.32. The summed E-state index contributed by atoms with van der Waals surface area (Å²) < 4.78 is 6.52. The summed E-state index contributed by atoms with van der Waals surface area (Å²) in [6, 6.07) is 28.2. The van der Waals surface area contributed by atoms with E-state index in [1.54, 1.807) is 24.3 Å². The highest BCUT2D eigenvalue weighted by molar-refractivity contribution is 9.10. The van der Waals surface area contributed by atoms with Crippen molar-refractivity contribution in [2.24, 2.45) is 0 Å². The second-order valence-electron chi connectivity index (χ2n) is 7.62. The van der Waals surface area contributed by atoms with Crippen LogP contribution in [0.4, 0.5) is 5.69 Å². The van der Waals surface area contributed by atoms with Crippen molar-refractivity contribution in [3.05, 3.63) is 107 Å². The molecule has 0 aliphatic carbocycles. The summed E-state index contributed by atoms with van der Waals surface area (Å²) in [4.78, 5) is 24.9. The van der Waals surface area contributed by atoms with E-state index in [0.29, 0.717) is 17.0 Å². The van der Waals surface area contributed by atoms with Gasteiger partial charge in [-0.15, -0.1) is 0 Å². The Morgan fingerprint density at radius 1 is 0.879 bits per heavy atom. The number of halogens is 1. The van der Waals surface area contributed by atoms with Crippen molar-refractivity contribution in [2.45, 2.75) is 13.0 Å². The quantitative estimate of drug-likeness (QED) is 0.320. The van der Waals surface area contributed by atoms with Crippen LogP contribution in [0.15, 0.2) is 95.5 Å². The van der Waals surface area contributed by atoms with E-state index in [1.807, 2.05) is 73.7 Å². The van der Waals surface area contributed by atoms with Gasteiger partial charge >= 0.3 is 0 Å². The van der Waals surface area contributed by atoms with E-state index in [-0.39, 0.29) is 24.5 Å². The molecule has 0 fully saturated rings. The van der Waals surface area contributed by atoms with Gasteiger partial charge in [-0.05, 0) is 69.5 Å². The van der Waals surface area contributed by atoms with E-state index < -0.39 is 0 Å². The lowest BCUT2D eigenvalue weighted by Gasteiger charge is -2.14. The Kier molecular flexibility index (Phi) is 7.05. The molecule has 33 heavy (non-hydrogen) atoms. The minimum absolute atomic E-state index is 0.107. The molecule has 0 radical (unpaired) electrons. The molecule has 0 spiro atoms. The SMILES string of the molecule is CC(NC(=O)c1ccc(NC(=O)COc2ccc3ccccc3c2Br)cc1)c1ccccc1. The molecule has 1 atom stereocenters. The molecule has 0 bridgehead atoms. The Morgan fingerprint density at radius 2 is 1.58 bits per heavy atom. The summed E-state index contributed by atoms with van der Waals surface area (Å²) in [5.41, 5.74) is 2.15. The van der Waals surface area contributed by atoms with Crippen molar-refractivity contribution in [3.8, 4) is 5.75 Å². The minimum Gasteiger partial charge on any atom is -0.483 e. The summed E-state index contributed by atoms with van der Waals surface area (Å²) in [5.74, 6) is 0.141. The van der Waals surface area contributed by atoms with Gasteiger partial charge in [0.25, 0.3) is 11.8 Å². The molecule has 0 saturated heterocycles. The summed E-state index contributed by atoms with van der Waals surface area (Å²) >= 11 is 3.56. The minimum atomic E-state index is -0.287. The number of nitrogens with one attached hydrogen (secondary N) is 2. The van der Waals surface area contributed by atoms with E-state index >= 15 is 0 Å². The number of fused-ring (bicyclic) bond motifs is 1. The third kappa shape index (κ3) is 5.59. The molecule has 4 aromatic rings. The van der Waals surface area contributed by atoms with Gasteiger partial charge in [-0.1, -0.05) is 60.7 Å². The maximum absolute atomic E-state index is 12.5. The maximum atomic E-state index is 12.5. The molecule has 1 unspecified atom stereocenters. The van der Waals surface area contributed by atoms with Gasteiger partial charge < -0.3 is 15.4 Å². The Bertz CT molecular complexity index is 1270. The molecule has 4 aromatic carbocycles. The fourth-order valence-electron chi connectivity index (χ4n) is 3.48. The van der Waals surface area contributed by atoms with Gasteiger partial charge in [0.2, 0.25) is 0 Å². The number of carbonyl (C=O) groups excluding carboxylic acids is 2. The molecule has 2 N–H and O–H groups in total. The summed E-state index contributed by atoms with van der Waals surface area (Å²) in [6.07, 6.45) is 0. The zero-order chi connectivity index (χ0) is 23.2. The normalized spacial score (nSPS) is 11.6. The van der Waals surface area contributed by atoms with Crippen LogP contribution in [0.1, 0.15) is 28.9 Å². The number of benzene rings is 4. The summed E-state index contributed by atoms with van der Waals surface area (Å²) in [5, 5.41) is 7.87. The van der Waals surface area contributed by atoms with Crippen molar-refractivity contribution in [1.29, 1.82) is 0 Å². The van der Waals surface area contributed by atoms with E-state index in [1.165, 1.54) is 0 Å².